The zero-order valence-electron chi connectivity index (χ0n) is 11.8. The van der Waals surface area contributed by atoms with Crippen molar-refractivity contribution in [1.82, 2.24) is 0 Å². The third kappa shape index (κ3) is 3.30. The highest BCUT2D eigenvalue weighted by molar-refractivity contribution is 9.11. The first-order chi connectivity index (χ1) is 9.93. The van der Waals surface area contributed by atoms with Gasteiger partial charge in [0.15, 0.2) is 5.78 Å². The van der Waals surface area contributed by atoms with Crippen LogP contribution in [0.4, 0.5) is 0 Å². The molecule has 110 valence electrons. The number of halogens is 1. The average Bonchev–Trinajstić information content (AvgIpc) is 2.80. The zero-order valence-corrected chi connectivity index (χ0v) is 14.2. The van der Waals surface area contributed by atoms with Gasteiger partial charge >= 0.3 is 0 Å². The summed E-state index contributed by atoms with van der Waals surface area (Å²) in [5.41, 5.74) is 0.182. The highest BCUT2D eigenvalue weighted by atomic mass is 79.9. The maximum absolute atomic E-state index is 12.1. The Balaban J connectivity index is 1.78. The Morgan fingerprint density at radius 3 is 2.86 bits per heavy atom. The lowest BCUT2D eigenvalue weighted by atomic mass is 9.93. The standard InChI is InChI=1S/C16H15BrO3S/c1-16(2)8-13(18)12-5-3-10(7-14(12)20-16)19-9-11-4-6-15(17)21-11/h3-7H,8-9H2,1-2H3. The fourth-order valence-electron chi connectivity index (χ4n) is 2.31. The van der Waals surface area contributed by atoms with Crippen LogP contribution in [0.3, 0.4) is 0 Å². The molecule has 0 unspecified atom stereocenters. The molecule has 0 aliphatic carbocycles. The van der Waals surface area contributed by atoms with Crippen molar-refractivity contribution in [2.75, 3.05) is 0 Å². The van der Waals surface area contributed by atoms with Crippen LogP contribution in [-0.4, -0.2) is 11.4 Å². The molecular weight excluding hydrogens is 352 g/mol. The molecular formula is C16H15BrO3S. The summed E-state index contributed by atoms with van der Waals surface area (Å²) in [6.07, 6.45) is 0.406. The van der Waals surface area contributed by atoms with E-state index in [0.717, 1.165) is 8.66 Å². The van der Waals surface area contributed by atoms with Crippen LogP contribution >= 0.6 is 27.3 Å². The largest absolute Gasteiger partial charge is 0.488 e. The second-order valence-corrected chi connectivity index (χ2v) is 8.16. The van der Waals surface area contributed by atoms with Crippen molar-refractivity contribution >= 4 is 33.0 Å². The normalized spacial score (nSPS) is 16.2. The van der Waals surface area contributed by atoms with Gasteiger partial charge in [-0.25, -0.2) is 0 Å². The molecule has 5 heteroatoms. The summed E-state index contributed by atoms with van der Waals surface area (Å²) in [5, 5.41) is 0. The van der Waals surface area contributed by atoms with Crippen LogP contribution in [0.1, 0.15) is 35.5 Å². The van der Waals surface area contributed by atoms with Crippen molar-refractivity contribution in [3.63, 3.8) is 0 Å². The fraction of sp³-hybridized carbons (Fsp3) is 0.312. The Morgan fingerprint density at radius 2 is 2.14 bits per heavy atom. The molecule has 1 aromatic carbocycles. The number of carbonyl (C=O) groups is 1. The van der Waals surface area contributed by atoms with Crippen LogP contribution in [0.15, 0.2) is 34.1 Å². The molecule has 0 spiro atoms. The van der Waals surface area contributed by atoms with Gasteiger partial charge in [-0.3, -0.25) is 4.79 Å². The summed E-state index contributed by atoms with van der Waals surface area (Å²) >= 11 is 5.07. The van der Waals surface area contributed by atoms with Crippen molar-refractivity contribution in [1.29, 1.82) is 0 Å². The van der Waals surface area contributed by atoms with E-state index in [1.165, 1.54) is 0 Å². The molecule has 3 nitrogen and oxygen atoms in total. The Bertz CT molecular complexity index is 691. The van der Waals surface area contributed by atoms with Gasteiger partial charge in [-0.2, -0.15) is 0 Å². The fourth-order valence-corrected chi connectivity index (χ4v) is 3.70. The van der Waals surface area contributed by atoms with Crippen LogP contribution in [-0.2, 0) is 6.61 Å². The molecule has 2 aromatic rings. The van der Waals surface area contributed by atoms with E-state index < -0.39 is 5.60 Å². The Hall–Kier alpha value is -1.33. The molecule has 21 heavy (non-hydrogen) atoms. The van der Waals surface area contributed by atoms with E-state index in [-0.39, 0.29) is 5.78 Å². The summed E-state index contributed by atoms with van der Waals surface area (Å²) in [5.74, 6) is 1.44. The van der Waals surface area contributed by atoms with E-state index in [0.29, 0.717) is 30.1 Å². The van der Waals surface area contributed by atoms with Crippen LogP contribution in [0.5, 0.6) is 11.5 Å². The van der Waals surface area contributed by atoms with Crippen molar-refractivity contribution in [2.45, 2.75) is 32.5 Å². The molecule has 0 fully saturated rings. The van der Waals surface area contributed by atoms with E-state index in [2.05, 4.69) is 15.9 Å². The van der Waals surface area contributed by atoms with Gasteiger partial charge in [0, 0.05) is 10.9 Å². The minimum Gasteiger partial charge on any atom is -0.488 e. The van der Waals surface area contributed by atoms with E-state index in [4.69, 9.17) is 9.47 Å². The van der Waals surface area contributed by atoms with E-state index in [9.17, 15) is 4.79 Å². The predicted molar refractivity (Wildman–Crippen MR) is 86.4 cm³/mol. The second-order valence-electron chi connectivity index (χ2n) is 5.61. The number of hydrogen-bond donors (Lipinski definition) is 0. The van der Waals surface area contributed by atoms with Crippen LogP contribution in [0, 0.1) is 0 Å². The SMILES string of the molecule is CC1(C)CC(=O)c2ccc(OCc3ccc(Br)s3)cc2O1. The van der Waals surface area contributed by atoms with Gasteiger partial charge in [-0.05, 0) is 54.0 Å². The van der Waals surface area contributed by atoms with Gasteiger partial charge in [-0.1, -0.05) is 0 Å². The smallest absolute Gasteiger partial charge is 0.170 e. The van der Waals surface area contributed by atoms with Crippen molar-refractivity contribution in [2.24, 2.45) is 0 Å². The van der Waals surface area contributed by atoms with Crippen molar-refractivity contribution < 1.29 is 14.3 Å². The number of Topliss-reactive ketones (excluding diaryl/α,β-unsaturated/α-hetero) is 1. The molecule has 0 saturated heterocycles. The lowest BCUT2D eigenvalue weighted by Gasteiger charge is -2.31. The first kappa shape index (κ1) is 14.6. The molecule has 0 radical (unpaired) electrons. The van der Waals surface area contributed by atoms with E-state index in [1.54, 1.807) is 23.5 Å². The highest BCUT2D eigenvalue weighted by Gasteiger charge is 2.32. The Labute approximate surface area is 136 Å². The van der Waals surface area contributed by atoms with Gasteiger partial charge < -0.3 is 9.47 Å². The molecule has 0 bridgehead atoms. The maximum atomic E-state index is 12.1. The number of hydrogen-bond acceptors (Lipinski definition) is 4. The van der Waals surface area contributed by atoms with Gasteiger partial charge in [-0.15, -0.1) is 11.3 Å². The first-order valence-electron chi connectivity index (χ1n) is 6.66. The van der Waals surface area contributed by atoms with Crippen molar-refractivity contribution in [3.8, 4) is 11.5 Å². The third-order valence-corrected chi connectivity index (χ3v) is 4.83. The maximum Gasteiger partial charge on any atom is 0.170 e. The molecule has 0 atom stereocenters. The minimum atomic E-state index is -0.457. The second kappa shape index (κ2) is 5.46. The van der Waals surface area contributed by atoms with Gasteiger partial charge in [0.2, 0.25) is 0 Å². The molecule has 0 amide bonds. The van der Waals surface area contributed by atoms with Crippen LogP contribution in [0.25, 0.3) is 0 Å². The van der Waals surface area contributed by atoms with E-state index in [1.807, 2.05) is 32.0 Å². The molecule has 3 rings (SSSR count). The highest BCUT2D eigenvalue weighted by Crippen LogP contribution is 2.35. The average molecular weight is 367 g/mol. The molecule has 1 aliphatic rings. The number of ether oxygens (including phenoxy) is 2. The lowest BCUT2D eigenvalue weighted by Crippen LogP contribution is -2.35. The third-order valence-electron chi connectivity index (χ3n) is 3.24. The summed E-state index contributed by atoms with van der Waals surface area (Å²) in [4.78, 5) is 13.2. The summed E-state index contributed by atoms with van der Waals surface area (Å²) in [6, 6.07) is 9.43. The van der Waals surface area contributed by atoms with Gasteiger partial charge in [0.1, 0.15) is 23.7 Å². The lowest BCUT2D eigenvalue weighted by molar-refractivity contribution is 0.0618. The summed E-state index contributed by atoms with van der Waals surface area (Å²) < 4.78 is 12.7. The Kier molecular flexibility index (Phi) is 3.80. The minimum absolute atomic E-state index is 0.120. The number of fused-ring (bicyclic) bond motifs is 1. The quantitative estimate of drug-likeness (QED) is 0.779. The number of thiophene rings is 1. The van der Waals surface area contributed by atoms with E-state index >= 15 is 0 Å². The number of rotatable bonds is 3. The molecule has 1 aromatic heterocycles. The number of ketones is 1. The molecule has 0 saturated carbocycles. The Morgan fingerprint density at radius 1 is 1.33 bits per heavy atom. The topological polar surface area (TPSA) is 35.5 Å². The summed E-state index contributed by atoms with van der Waals surface area (Å²) in [7, 11) is 0. The molecule has 2 heterocycles. The monoisotopic (exact) mass is 366 g/mol. The van der Waals surface area contributed by atoms with Crippen LogP contribution in [0.2, 0.25) is 0 Å². The molecule has 1 aliphatic heterocycles. The first-order valence-corrected chi connectivity index (χ1v) is 8.27. The van der Waals surface area contributed by atoms with Crippen molar-refractivity contribution in [3.05, 3.63) is 44.6 Å². The summed E-state index contributed by atoms with van der Waals surface area (Å²) in [6.45, 7) is 4.35. The number of benzene rings is 1. The predicted octanol–water partition coefficient (Wildman–Crippen LogP) is 4.83. The zero-order chi connectivity index (χ0) is 15.0. The van der Waals surface area contributed by atoms with Gasteiger partial charge in [0.25, 0.3) is 0 Å². The van der Waals surface area contributed by atoms with Crippen LogP contribution < -0.4 is 9.47 Å². The molecule has 0 N–H and O–H groups in total. The number of carbonyl (C=O) groups excluding carboxylic acids is 1. The van der Waals surface area contributed by atoms with Gasteiger partial charge in [0.05, 0.1) is 15.8 Å².